The van der Waals surface area contributed by atoms with Crippen LogP contribution in [0.2, 0.25) is 0 Å². The average Bonchev–Trinajstić information content (AvgIpc) is 3.69. The van der Waals surface area contributed by atoms with Crippen molar-refractivity contribution in [1.29, 1.82) is 0 Å². The molecule has 0 aromatic heterocycles. The predicted molar refractivity (Wildman–Crippen MR) is 131 cm³/mol. The average molecular weight is 485 g/mol. The van der Waals surface area contributed by atoms with Gasteiger partial charge >= 0.3 is 11.9 Å². The van der Waals surface area contributed by atoms with Gasteiger partial charge in [0.15, 0.2) is 0 Å². The lowest BCUT2D eigenvalue weighted by molar-refractivity contribution is -0.161. The van der Waals surface area contributed by atoms with Crippen molar-refractivity contribution in [3.05, 3.63) is 0 Å². The van der Waals surface area contributed by atoms with Gasteiger partial charge in [-0.3, -0.25) is 9.59 Å². The predicted octanol–water partition coefficient (Wildman–Crippen LogP) is 5.41. The molecule has 0 aromatic rings. The van der Waals surface area contributed by atoms with Crippen molar-refractivity contribution in [2.45, 2.75) is 148 Å². The first kappa shape index (κ1) is 29.1. The van der Waals surface area contributed by atoms with Crippen LogP contribution >= 0.6 is 0 Å². The van der Waals surface area contributed by atoms with Crippen molar-refractivity contribution in [2.75, 3.05) is 6.61 Å². The second-order valence-electron chi connectivity index (χ2n) is 10.5. The molecule has 2 N–H and O–H groups in total. The van der Waals surface area contributed by atoms with Gasteiger partial charge in [-0.25, -0.2) is 0 Å². The highest BCUT2D eigenvalue weighted by Gasteiger charge is 2.64. The Labute approximate surface area is 205 Å². The standard InChI is InChI=1S/C27H48O7/c1-6-12-21-26(9-4,33-21)18-25(16-11-14-23(29)30,24(31)32-17-15-20(28)8-3)19-27(10-5)22(34-27)13-7-2/h20-22,28H,6-19H2,1-5H3,(H,29,30). The van der Waals surface area contributed by atoms with Crippen LogP contribution in [0.4, 0.5) is 0 Å². The van der Waals surface area contributed by atoms with Crippen LogP contribution in [0, 0.1) is 5.41 Å². The van der Waals surface area contributed by atoms with Gasteiger partial charge in [-0.05, 0) is 57.8 Å². The molecule has 7 nitrogen and oxygen atoms in total. The van der Waals surface area contributed by atoms with Crippen LogP contribution in [0.5, 0.6) is 0 Å². The molecule has 0 bridgehead atoms. The summed E-state index contributed by atoms with van der Waals surface area (Å²) in [6, 6.07) is 0. The Morgan fingerprint density at radius 1 is 0.971 bits per heavy atom. The number of aliphatic hydroxyl groups is 1. The molecule has 2 aliphatic rings. The van der Waals surface area contributed by atoms with Crippen molar-refractivity contribution >= 4 is 11.9 Å². The summed E-state index contributed by atoms with van der Waals surface area (Å²) in [5.74, 6) is -1.15. The number of esters is 1. The summed E-state index contributed by atoms with van der Waals surface area (Å²) in [4.78, 5) is 25.1. The molecule has 0 amide bonds. The fraction of sp³-hybridized carbons (Fsp3) is 0.926. The van der Waals surface area contributed by atoms with Crippen molar-refractivity contribution in [1.82, 2.24) is 0 Å². The topological polar surface area (TPSA) is 109 Å². The monoisotopic (exact) mass is 484 g/mol. The smallest absolute Gasteiger partial charge is 0.312 e. The van der Waals surface area contributed by atoms with Gasteiger partial charge in [-0.15, -0.1) is 0 Å². The normalized spacial score (nSPS) is 30.4. The van der Waals surface area contributed by atoms with Crippen LogP contribution in [0.3, 0.4) is 0 Å². The number of hydrogen-bond acceptors (Lipinski definition) is 6. The van der Waals surface area contributed by atoms with E-state index in [4.69, 9.17) is 14.2 Å². The largest absolute Gasteiger partial charge is 0.481 e. The number of ether oxygens (including phenoxy) is 3. The van der Waals surface area contributed by atoms with Crippen LogP contribution < -0.4 is 0 Å². The van der Waals surface area contributed by atoms with Crippen LogP contribution in [-0.2, 0) is 23.8 Å². The SMILES string of the molecule is CCCC1OC1(CC)CC(CCCC(=O)O)(CC1(CC)OC1CCC)C(=O)OCCC(O)CC. The molecular formula is C27H48O7. The summed E-state index contributed by atoms with van der Waals surface area (Å²) in [5, 5.41) is 19.2. The maximum absolute atomic E-state index is 13.8. The second kappa shape index (κ2) is 12.7. The minimum absolute atomic E-state index is 0.0142. The molecule has 34 heavy (non-hydrogen) atoms. The Morgan fingerprint density at radius 2 is 1.50 bits per heavy atom. The summed E-state index contributed by atoms with van der Waals surface area (Å²) >= 11 is 0. The van der Waals surface area contributed by atoms with Gasteiger partial charge in [0, 0.05) is 12.8 Å². The van der Waals surface area contributed by atoms with E-state index in [0.717, 1.165) is 38.5 Å². The maximum atomic E-state index is 13.8. The van der Waals surface area contributed by atoms with E-state index in [-0.39, 0.29) is 42.4 Å². The number of aliphatic carboxylic acids is 1. The molecule has 0 saturated carbocycles. The highest BCUT2D eigenvalue weighted by atomic mass is 16.6. The van der Waals surface area contributed by atoms with Gasteiger partial charge < -0.3 is 24.4 Å². The number of epoxide rings is 2. The molecule has 7 heteroatoms. The minimum atomic E-state index is -0.871. The lowest BCUT2D eigenvalue weighted by Gasteiger charge is -2.36. The summed E-state index contributed by atoms with van der Waals surface area (Å²) in [6.07, 6.45) is 8.19. The Bertz CT molecular complexity index is 635. The highest BCUT2D eigenvalue weighted by Crippen LogP contribution is 2.58. The zero-order chi connectivity index (χ0) is 25.4. The molecule has 0 aromatic carbocycles. The Morgan fingerprint density at radius 3 is 1.91 bits per heavy atom. The molecule has 2 heterocycles. The van der Waals surface area contributed by atoms with Crippen molar-refractivity contribution < 1.29 is 34.0 Å². The number of carbonyl (C=O) groups excluding carboxylic acids is 1. The van der Waals surface area contributed by atoms with E-state index < -0.39 is 17.5 Å². The van der Waals surface area contributed by atoms with E-state index in [1.165, 1.54) is 0 Å². The van der Waals surface area contributed by atoms with E-state index in [2.05, 4.69) is 27.7 Å². The van der Waals surface area contributed by atoms with Crippen LogP contribution in [0.15, 0.2) is 0 Å². The van der Waals surface area contributed by atoms with Crippen LogP contribution in [-0.4, -0.2) is 58.3 Å². The number of carboxylic acid groups (broad SMARTS) is 1. The Hall–Kier alpha value is -1.18. The van der Waals surface area contributed by atoms with Gasteiger partial charge in [-0.2, -0.15) is 0 Å². The minimum Gasteiger partial charge on any atom is -0.481 e. The number of carbonyl (C=O) groups is 2. The first-order valence-corrected chi connectivity index (χ1v) is 13.6. The molecule has 0 radical (unpaired) electrons. The molecule has 2 fully saturated rings. The zero-order valence-electron chi connectivity index (χ0n) is 22.1. The van der Waals surface area contributed by atoms with E-state index in [9.17, 15) is 19.8 Å². The Balaban J connectivity index is 2.33. The van der Waals surface area contributed by atoms with E-state index in [1.54, 1.807) is 0 Å². The van der Waals surface area contributed by atoms with Crippen LogP contribution in [0.25, 0.3) is 0 Å². The lowest BCUT2D eigenvalue weighted by Crippen LogP contribution is -2.43. The molecule has 0 spiro atoms. The van der Waals surface area contributed by atoms with Crippen molar-refractivity contribution in [3.63, 3.8) is 0 Å². The summed E-state index contributed by atoms with van der Waals surface area (Å²) in [5.41, 5.74) is -1.61. The molecular weight excluding hydrogens is 436 g/mol. The molecule has 2 rings (SSSR count). The molecule has 5 atom stereocenters. The lowest BCUT2D eigenvalue weighted by atomic mass is 9.67. The fourth-order valence-electron chi connectivity index (χ4n) is 5.70. The van der Waals surface area contributed by atoms with Gasteiger partial charge in [0.2, 0.25) is 0 Å². The van der Waals surface area contributed by atoms with Crippen molar-refractivity contribution in [2.24, 2.45) is 5.41 Å². The second-order valence-corrected chi connectivity index (χ2v) is 10.5. The summed E-state index contributed by atoms with van der Waals surface area (Å²) in [6.45, 7) is 10.5. The third-order valence-corrected chi connectivity index (χ3v) is 8.02. The number of hydrogen-bond donors (Lipinski definition) is 2. The number of aliphatic hydroxyl groups excluding tert-OH is 1. The molecule has 2 saturated heterocycles. The highest BCUT2D eigenvalue weighted by molar-refractivity contribution is 5.77. The quantitative estimate of drug-likeness (QED) is 0.186. The summed E-state index contributed by atoms with van der Waals surface area (Å²) in [7, 11) is 0. The van der Waals surface area contributed by atoms with E-state index in [1.807, 2.05) is 6.92 Å². The van der Waals surface area contributed by atoms with Gasteiger partial charge in [0.05, 0.1) is 41.5 Å². The summed E-state index contributed by atoms with van der Waals surface area (Å²) < 4.78 is 18.3. The zero-order valence-corrected chi connectivity index (χ0v) is 22.1. The number of carboxylic acids is 1. The van der Waals surface area contributed by atoms with Crippen LogP contribution in [0.1, 0.15) is 118 Å². The van der Waals surface area contributed by atoms with Gasteiger partial charge in [0.25, 0.3) is 0 Å². The molecule has 198 valence electrons. The first-order chi connectivity index (χ1) is 16.2. The molecule has 2 aliphatic heterocycles. The van der Waals surface area contributed by atoms with E-state index in [0.29, 0.717) is 38.5 Å². The Kier molecular flexibility index (Phi) is 10.8. The van der Waals surface area contributed by atoms with E-state index >= 15 is 0 Å². The molecule has 5 unspecified atom stereocenters. The first-order valence-electron chi connectivity index (χ1n) is 13.6. The van der Waals surface area contributed by atoms with Gasteiger partial charge in [-0.1, -0.05) is 47.5 Å². The van der Waals surface area contributed by atoms with Gasteiger partial charge in [0.1, 0.15) is 0 Å². The molecule has 0 aliphatic carbocycles. The maximum Gasteiger partial charge on any atom is 0.312 e. The third-order valence-electron chi connectivity index (χ3n) is 8.02. The number of rotatable bonds is 19. The fourth-order valence-corrected chi connectivity index (χ4v) is 5.70. The van der Waals surface area contributed by atoms with Crippen molar-refractivity contribution in [3.8, 4) is 0 Å². The third kappa shape index (κ3) is 7.17.